The van der Waals surface area contributed by atoms with Gasteiger partial charge in [-0.25, -0.2) is 4.98 Å². The summed E-state index contributed by atoms with van der Waals surface area (Å²) in [5.41, 5.74) is 8.25. The molecule has 0 fully saturated rings. The highest BCUT2D eigenvalue weighted by molar-refractivity contribution is 7.12. The van der Waals surface area contributed by atoms with Crippen LogP contribution in [0, 0.1) is 6.92 Å². The monoisotopic (exact) mass is 232 g/mol. The molecule has 2 aromatic rings. The van der Waals surface area contributed by atoms with Crippen molar-refractivity contribution >= 4 is 11.3 Å². The van der Waals surface area contributed by atoms with Crippen molar-refractivity contribution in [3.8, 4) is 11.3 Å². The first kappa shape index (κ1) is 11.3. The van der Waals surface area contributed by atoms with Crippen LogP contribution in [0.1, 0.15) is 29.3 Å². The number of aromatic nitrogens is 1. The minimum Gasteiger partial charge on any atom is -0.322 e. The predicted molar refractivity (Wildman–Crippen MR) is 69.5 cm³/mol. The molecule has 84 valence electrons. The number of thiazole rings is 1. The van der Waals surface area contributed by atoms with Crippen LogP contribution in [-0.4, -0.2) is 4.98 Å². The van der Waals surface area contributed by atoms with E-state index in [1.807, 2.05) is 18.2 Å². The molecule has 2 rings (SSSR count). The third kappa shape index (κ3) is 2.15. The smallest absolute Gasteiger partial charge is 0.110 e. The van der Waals surface area contributed by atoms with Crippen LogP contribution >= 0.6 is 11.3 Å². The molecule has 0 aliphatic heterocycles. The topological polar surface area (TPSA) is 38.9 Å². The van der Waals surface area contributed by atoms with E-state index in [2.05, 4.69) is 31.0 Å². The van der Waals surface area contributed by atoms with Crippen molar-refractivity contribution in [2.75, 3.05) is 0 Å². The Hall–Kier alpha value is -1.19. The summed E-state index contributed by atoms with van der Waals surface area (Å²) in [7, 11) is 0. The lowest BCUT2D eigenvalue weighted by Crippen LogP contribution is -2.07. The Labute approximate surface area is 100 Å². The zero-order valence-electron chi connectivity index (χ0n) is 9.60. The Morgan fingerprint density at radius 2 is 2.00 bits per heavy atom. The van der Waals surface area contributed by atoms with Crippen LogP contribution in [0.4, 0.5) is 0 Å². The molecule has 0 spiro atoms. The molecule has 2 nitrogen and oxygen atoms in total. The second-order valence-corrected chi connectivity index (χ2v) is 5.07. The van der Waals surface area contributed by atoms with Crippen LogP contribution in [0.3, 0.4) is 0 Å². The van der Waals surface area contributed by atoms with Crippen molar-refractivity contribution in [1.29, 1.82) is 0 Å². The number of rotatable bonds is 3. The van der Waals surface area contributed by atoms with Gasteiger partial charge in [0, 0.05) is 10.4 Å². The molecule has 0 bridgehead atoms. The summed E-state index contributed by atoms with van der Waals surface area (Å²) in [6, 6.07) is 10.3. The Bertz CT molecular complexity index is 462. The Kier molecular flexibility index (Phi) is 3.36. The quantitative estimate of drug-likeness (QED) is 0.879. The maximum atomic E-state index is 6.00. The van der Waals surface area contributed by atoms with Gasteiger partial charge in [-0.15, -0.1) is 11.3 Å². The van der Waals surface area contributed by atoms with Crippen molar-refractivity contribution in [3.05, 3.63) is 40.2 Å². The van der Waals surface area contributed by atoms with Crippen molar-refractivity contribution in [2.24, 2.45) is 5.73 Å². The summed E-state index contributed by atoms with van der Waals surface area (Å²) < 4.78 is 0. The zero-order valence-corrected chi connectivity index (χ0v) is 10.4. The normalized spacial score (nSPS) is 12.7. The number of benzene rings is 1. The molecule has 1 aromatic carbocycles. The molecular weight excluding hydrogens is 216 g/mol. The van der Waals surface area contributed by atoms with Crippen LogP contribution < -0.4 is 5.73 Å². The van der Waals surface area contributed by atoms with Crippen LogP contribution in [-0.2, 0) is 0 Å². The van der Waals surface area contributed by atoms with Gasteiger partial charge in [-0.1, -0.05) is 37.3 Å². The summed E-state index contributed by atoms with van der Waals surface area (Å²) in [5, 5.41) is 1.04. The number of nitrogens with zero attached hydrogens (tertiary/aromatic N) is 1. The highest BCUT2D eigenvalue weighted by Crippen LogP contribution is 2.30. The Morgan fingerprint density at radius 3 is 2.62 bits per heavy atom. The first-order valence-electron chi connectivity index (χ1n) is 5.50. The van der Waals surface area contributed by atoms with Crippen molar-refractivity contribution in [3.63, 3.8) is 0 Å². The number of hydrogen-bond donors (Lipinski definition) is 1. The van der Waals surface area contributed by atoms with Crippen molar-refractivity contribution in [2.45, 2.75) is 26.3 Å². The summed E-state index contributed by atoms with van der Waals surface area (Å²) >= 11 is 1.71. The van der Waals surface area contributed by atoms with Crippen LogP contribution in [0.25, 0.3) is 11.3 Å². The molecule has 1 heterocycles. The first-order chi connectivity index (χ1) is 7.72. The van der Waals surface area contributed by atoms with Gasteiger partial charge in [0.05, 0.1) is 11.7 Å². The molecule has 16 heavy (non-hydrogen) atoms. The molecule has 3 heteroatoms. The van der Waals surface area contributed by atoms with Crippen molar-refractivity contribution in [1.82, 2.24) is 4.98 Å². The fourth-order valence-corrected chi connectivity index (χ4v) is 2.64. The van der Waals surface area contributed by atoms with Gasteiger partial charge in [-0.05, 0) is 13.3 Å². The third-order valence-electron chi connectivity index (χ3n) is 2.62. The minimum atomic E-state index is 0.0705. The fourth-order valence-electron chi connectivity index (χ4n) is 1.61. The fraction of sp³-hybridized carbons (Fsp3) is 0.308. The summed E-state index contributed by atoms with van der Waals surface area (Å²) in [6.07, 6.45) is 0.932. The van der Waals surface area contributed by atoms with Gasteiger partial charge in [0.2, 0.25) is 0 Å². The molecule has 0 aliphatic carbocycles. The molecule has 1 unspecified atom stereocenters. The molecule has 2 N–H and O–H groups in total. The molecule has 0 radical (unpaired) electrons. The number of nitrogens with two attached hydrogens (primary N) is 1. The van der Waals surface area contributed by atoms with E-state index < -0.39 is 0 Å². The van der Waals surface area contributed by atoms with Gasteiger partial charge in [-0.3, -0.25) is 0 Å². The van der Waals surface area contributed by atoms with E-state index in [-0.39, 0.29) is 6.04 Å². The standard InChI is InChI=1S/C13H16N2S/c1-3-11(14)13-15-12(9(2)16-13)10-7-5-4-6-8-10/h4-8,11H,3,14H2,1-2H3. The maximum Gasteiger partial charge on any atom is 0.110 e. The van der Waals surface area contributed by atoms with Gasteiger partial charge in [-0.2, -0.15) is 0 Å². The highest BCUT2D eigenvalue weighted by Gasteiger charge is 2.13. The number of aryl methyl sites for hydroxylation is 1. The largest absolute Gasteiger partial charge is 0.322 e. The first-order valence-corrected chi connectivity index (χ1v) is 6.32. The second kappa shape index (κ2) is 4.76. The van der Waals surface area contributed by atoms with E-state index in [9.17, 15) is 0 Å². The second-order valence-electron chi connectivity index (χ2n) is 3.84. The molecular formula is C13H16N2S. The summed E-state index contributed by atoms with van der Waals surface area (Å²) in [4.78, 5) is 5.89. The van der Waals surface area contributed by atoms with Gasteiger partial charge in [0.15, 0.2) is 0 Å². The average Bonchev–Trinajstić information content (AvgIpc) is 2.71. The van der Waals surface area contributed by atoms with Gasteiger partial charge >= 0.3 is 0 Å². The molecule has 1 aromatic heterocycles. The van der Waals surface area contributed by atoms with E-state index in [0.717, 1.165) is 17.1 Å². The minimum absolute atomic E-state index is 0.0705. The van der Waals surface area contributed by atoms with E-state index >= 15 is 0 Å². The molecule has 0 aliphatic rings. The van der Waals surface area contributed by atoms with Gasteiger partial charge in [0.1, 0.15) is 5.01 Å². The van der Waals surface area contributed by atoms with E-state index in [4.69, 9.17) is 5.73 Å². The summed E-state index contributed by atoms with van der Waals surface area (Å²) in [6.45, 7) is 4.19. The van der Waals surface area contributed by atoms with Crippen LogP contribution in [0.5, 0.6) is 0 Å². The van der Waals surface area contributed by atoms with Gasteiger partial charge < -0.3 is 5.73 Å². The van der Waals surface area contributed by atoms with E-state index in [1.54, 1.807) is 11.3 Å². The maximum absolute atomic E-state index is 6.00. The highest BCUT2D eigenvalue weighted by atomic mass is 32.1. The molecule has 1 atom stereocenters. The van der Waals surface area contributed by atoms with E-state index in [1.165, 1.54) is 10.4 Å². The van der Waals surface area contributed by atoms with E-state index in [0.29, 0.717) is 0 Å². The van der Waals surface area contributed by atoms with Gasteiger partial charge in [0.25, 0.3) is 0 Å². The molecule has 0 saturated carbocycles. The van der Waals surface area contributed by atoms with Crippen LogP contribution in [0.2, 0.25) is 0 Å². The van der Waals surface area contributed by atoms with Crippen molar-refractivity contribution < 1.29 is 0 Å². The SMILES string of the molecule is CCC(N)c1nc(-c2ccccc2)c(C)s1. The lowest BCUT2D eigenvalue weighted by Gasteiger charge is -2.02. The lowest BCUT2D eigenvalue weighted by atomic mass is 10.1. The predicted octanol–water partition coefficient (Wildman–Crippen LogP) is 3.53. The summed E-state index contributed by atoms with van der Waals surface area (Å²) in [5.74, 6) is 0. The average molecular weight is 232 g/mol. The Balaban J connectivity index is 2.40. The molecule has 0 amide bonds. The number of hydrogen-bond acceptors (Lipinski definition) is 3. The lowest BCUT2D eigenvalue weighted by molar-refractivity contribution is 0.693. The third-order valence-corrected chi connectivity index (χ3v) is 3.72. The molecule has 0 saturated heterocycles. The zero-order chi connectivity index (χ0) is 11.5. The van der Waals surface area contributed by atoms with Crippen LogP contribution in [0.15, 0.2) is 30.3 Å². The Morgan fingerprint density at radius 1 is 1.31 bits per heavy atom.